The summed E-state index contributed by atoms with van der Waals surface area (Å²) >= 11 is 0. The minimum atomic E-state index is -3.79. The number of hydrogen-bond acceptors (Lipinski definition) is 4. The van der Waals surface area contributed by atoms with Crippen molar-refractivity contribution in [1.82, 2.24) is 0 Å². The van der Waals surface area contributed by atoms with Gasteiger partial charge >= 0.3 is 0 Å². The highest BCUT2D eigenvalue weighted by atomic mass is 35.5. The maximum atomic E-state index is 11.8. The van der Waals surface area contributed by atoms with Gasteiger partial charge in [-0.25, -0.2) is 13.6 Å². The fraction of sp³-hybridized carbons (Fsp3) is 0.533. The van der Waals surface area contributed by atoms with Crippen molar-refractivity contribution < 1.29 is 13.2 Å². The number of benzene rings is 1. The SMILES string of the molecule is CCc1ccc(NC(=O)CCCCCCN)cc1S(N)(=O)=O.Cl. The highest BCUT2D eigenvalue weighted by Crippen LogP contribution is 2.20. The van der Waals surface area contributed by atoms with Crippen LogP contribution in [0, 0.1) is 0 Å². The largest absolute Gasteiger partial charge is 0.330 e. The molecular formula is C15H26ClN3O3S. The first-order valence-electron chi connectivity index (χ1n) is 7.54. The van der Waals surface area contributed by atoms with E-state index in [2.05, 4.69) is 5.32 Å². The van der Waals surface area contributed by atoms with Crippen LogP contribution in [-0.2, 0) is 21.2 Å². The van der Waals surface area contributed by atoms with Crippen LogP contribution in [0.2, 0.25) is 0 Å². The predicted molar refractivity (Wildman–Crippen MR) is 95.2 cm³/mol. The maximum absolute atomic E-state index is 11.8. The van der Waals surface area contributed by atoms with Crippen molar-refractivity contribution >= 4 is 34.0 Å². The standard InChI is InChI=1S/C15H25N3O3S.ClH/c1-2-12-8-9-13(11-14(12)22(17,20)21)18-15(19)7-5-3-4-6-10-16;/h8-9,11H,2-7,10,16H2,1H3,(H,18,19)(H2,17,20,21);1H. The summed E-state index contributed by atoms with van der Waals surface area (Å²) in [6.45, 7) is 2.52. The van der Waals surface area contributed by atoms with Gasteiger partial charge in [-0.05, 0) is 43.5 Å². The van der Waals surface area contributed by atoms with E-state index < -0.39 is 10.0 Å². The van der Waals surface area contributed by atoms with Gasteiger partial charge in [-0.3, -0.25) is 4.79 Å². The highest BCUT2D eigenvalue weighted by molar-refractivity contribution is 7.89. The first-order chi connectivity index (χ1) is 10.4. The van der Waals surface area contributed by atoms with Crippen molar-refractivity contribution in [2.45, 2.75) is 50.3 Å². The first-order valence-corrected chi connectivity index (χ1v) is 9.08. The number of halogens is 1. The molecule has 8 heteroatoms. The van der Waals surface area contributed by atoms with E-state index in [1.807, 2.05) is 6.92 Å². The summed E-state index contributed by atoms with van der Waals surface area (Å²) in [4.78, 5) is 11.9. The van der Waals surface area contributed by atoms with Gasteiger partial charge in [0.25, 0.3) is 0 Å². The Morgan fingerprint density at radius 1 is 1.17 bits per heavy atom. The van der Waals surface area contributed by atoms with E-state index in [-0.39, 0.29) is 23.2 Å². The molecule has 1 rings (SSSR count). The quantitative estimate of drug-likeness (QED) is 0.583. The monoisotopic (exact) mass is 363 g/mol. The molecule has 0 heterocycles. The lowest BCUT2D eigenvalue weighted by atomic mass is 10.1. The van der Waals surface area contributed by atoms with E-state index >= 15 is 0 Å². The van der Waals surface area contributed by atoms with Gasteiger partial charge in [0.1, 0.15) is 0 Å². The van der Waals surface area contributed by atoms with Gasteiger partial charge in [-0.2, -0.15) is 0 Å². The first kappa shape index (κ1) is 21.9. The van der Waals surface area contributed by atoms with Crippen LogP contribution < -0.4 is 16.2 Å². The second-order valence-corrected chi connectivity index (χ2v) is 6.75. The number of sulfonamides is 1. The Hall–Kier alpha value is -1.15. The number of amides is 1. The molecule has 0 radical (unpaired) electrons. The van der Waals surface area contributed by atoms with Crippen LogP contribution in [0.15, 0.2) is 23.1 Å². The van der Waals surface area contributed by atoms with E-state index in [4.69, 9.17) is 10.9 Å². The summed E-state index contributed by atoms with van der Waals surface area (Å²) in [5, 5.41) is 7.92. The second-order valence-electron chi connectivity index (χ2n) is 5.22. The highest BCUT2D eigenvalue weighted by Gasteiger charge is 2.14. The van der Waals surface area contributed by atoms with Crippen molar-refractivity contribution in [3.05, 3.63) is 23.8 Å². The molecule has 0 saturated heterocycles. The Labute approximate surface area is 144 Å². The Morgan fingerprint density at radius 2 is 1.83 bits per heavy atom. The third kappa shape index (κ3) is 7.78. The zero-order chi connectivity index (χ0) is 16.6. The number of anilines is 1. The van der Waals surface area contributed by atoms with Gasteiger partial charge in [0, 0.05) is 12.1 Å². The van der Waals surface area contributed by atoms with Crippen LogP contribution in [0.25, 0.3) is 0 Å². The Kier molecular flexibility index (Phi) is 10.1. The van der Waals surface area contributed by atoms with Crippen molar-refractivity contribution in [1.29, 1.82) is 0 Å². The van der Waals surface area contributed by atoms with Gasteiger partial charge in [-0.15, -0.1) is 12.4 Å². The average Bonchev–Trinajstić information content (AvgIpc) is 2.46. The number of nitrogens with two attached hydrogens (primary N) is 2. The lowest BCUT2D eigenvalue weighted by Crippen LogP contribution is -2.16. The van der Waals surface area contributed by atoms with E-state index in [1.54, 1.807) is 12.1 Å². The molecular weight excluding hydrogens is 338 g/mol. The number of hydrogen-bond donors (Lipinski definition) is 3. The molecule has 0 saturated carbocycles. The summed E-state index contributed by atoms with van der Waals surface area (Å²) < 4.78 is 23.2. The molecule has 0 unspecified atom stereocenters. The van der Waals surface area contributed by atoms with Gasteiger partial charge in [0.05, 0.1) is 4.90 Å². The fourth-order valence-electron chi connectivity index (χ4n) is 2.20. The van der Waals surface area contributed by atoms with Crippen LogP contribution in [0.4, 0.5) is 5.69 Å². The molecule has 23 heavy (non-hydrogen) atoms. The van der Waals surface area contributed by atoms with E-state index in [0.717, 1.165) is 25.7 Å². The maximum Gasteiger partial charge on any atom is 0.238 e. The molecule has 0 aliphatic heterocycles. The summed E-state index contributed by atoms with van der Waals surface area (Å²) in [5.74, 6) is -0.127. The number of primary sulfonamides is 1. The summed E-state index contributed by atoms with van der Waals surface area (Å²) in [5.41, 5.74) is 6.50. The summed E-state index contributed by atoms with van der Waals surface area (Å²) in [6, 6.07) is 4.79. The minimum absolute atomic E-state index is 0. The lowest BCUT2D eigenvalue weighted by molar-refractivity contribution is -0.116. The van der Waals surface area contributed by atoms with E-state index in [1.165, 1.54) is 6.07 Å². The van der Waals surface area contributed by atoms with Gasteiger partial charge in [0.2, 0.25) is 15.9 Å². The molecule has 0 bridgehead atoms. The van der Waals surface area contributed by atoms with Crippen molar-refractivity contribution in [3.8, 4) is 0 Å². The molecule has 0 aliphatic rings. The molecule has 1 aromatic carbocycles. The van der Waals surface area contributed by atoms with E-state index in [0.29, 0.717) is 30.6 Å². The Bertz CT molecular complexity index is 606. The number of carbonyl (C=O) groups is 1. The topological polar surface area (TPSA) is 115 Å². The molecule has 0 spiro atoms. The molecule has 132 valence electrons. The van der Waals surface area contributed by atoms with Crippen molar-refractivity contribution in [2.75, 3.05) is 11.9 Å². The Balaban J connectivity index is 0.00000484. The molecule has 1 amide bonds. The van der Waals surface area contributed by atoms with Crippen LogP contribution in [-0.4, -0.2) is 20.9 Å². The lowest BCUT2D eigenvalue weighted by Gasteiger charge is -2.10. The smallest absolute Gasteiger partial charge is 0.238 e. The number of nitrogens with one attached hydrogen (secondary N) is 1. The summed E-state index contributed by atoms with van der Waals surface area (Å²) in [6.07, 6.45) is 4.71. The molecule has 0 aromatic heterocycles. The number of rotatable bonds is 9. The zero-order valence-corrected chi connectivity index (χ0v) is 15.0. The normalized spacial score (nSPS) is 10.9. The van der Waals surface area contributed by atoms with Gasteiger partial charge in [0.15, 0.2) is 0 Å². The van der Waals surface area contributed by atoms with Gasteiger partial charge in [-0.1, -0.05) is 25.8 Å². The molecule has 6 nitrogen and oxygen atoms in total. The predicted octanol–water partition coefficient (Wildman–Crippen LogP) is 2.17. The number of unbranched alkanes of at least 4 members (excludes halogenated alkanes) is 3. The van der Waals surface area contributed by atoms with Crippen LogP contribution >= 0.6 is 12.4 Å². The third-order valence-corrected chi connectivity index (χ3v) is 4.39. The molecule has 0 aliphatic carbocycles. The number of aryl methyl sites for hydroxylation is 1. The molecule has 5 N–H and O–H groups in total. The van der Waals surface area contributed by atoms with Crippen molar-refractivity contribution in [3.63, 3.8) is 0 Å². The third-order valence-electron chi connectivity index (χ3n) is 3.40. The number of carbonyl (C=O) groups excluding carboxylic acids is 1. The van der Waals surface area contributed by atoms with Crippen molar-refractivity contribution in [2.24, 2.45) is 10.9 Å². The van der Waals surface area contributed by atoms with Gasteiger partial charge < -0.3 is 11.1 Å². The zero-order valence-electron chi connectivity index (χ0n) is 13.4. The van der Waals surface area contributed by atoms with E-state index in [9.17, 15) is 13.2 Å². The second kappa shape index (κ2) is 10.6. The molecule has 1 aromatic rings. The summed E-state index contributed by atoms with van der Waals surface area (Å²) in [7, 11) is -3.79. The molecule has 0 atom stereocenters. The van der Waals surface area contributed by atoms with Crippen LogP contribution in [0.5, 0.6) is 0 Å². The van der Waals surface area contributed by atoms with Crippen LogP contribution in [0.3, 0.4) is 0 Å². The van der Waals surface area contributed by atoms with Crippen LogP contribution in [0.1, 0.15) is 44.6 Å². The molecule has 0 fully saturated rings. The fourth-order valence-corrected chi connectivity index (χ4v) is 3.07. The Morgan fingerprint density at radius 3 is 2.39 bits per heavy atom. The average molecular weight is 364 g/mol. The minimum Gasteiger partial charge on any atom is -0.330 e.